The summed E-state index contributed by atoms with van der Waals surface area (Å²) in [6.07, 6.45) is 9.53. The van der Waals surface area contributed by atoms with Crippen LogP contribution in [-0.2, 0) is 25.4 Å². The topological polar surface area (TPSA) is 43.8 Å². The summed E-state index contributed by atoms with van der Waals surface area (Å²) >= 11 is 0. The lowest BCUT2D eigenvalue weighted by atomic mass is 9.81. The highest BCUT2D eigenvalue weighted by atomic mass is 15.2. The molecule has 0 saturated carbocycles. The third-order valence-corrected chi connectivity index (χ3v) is 4.15. The zero-order valence-corrected chi connectivity index (χ0v) is 11.5. The van der Waals surface area contributed by atoms with Crippen LogP contribution in [0, 0.1) is 0 Å². The van der Waals surface area contributed by atoms with Crippen LogP contribution in [0.5, 0.6) is 0 Å². The van der Waals surface area contributed by atoms with Crippen molar-refractivity contribution >= 4 is 0 Å². The van der Waals surface area contributed by atoms with Gasteiger partial charge >= 0.3 is 0 Å². The molecule has 1 atom stereocenters. The normalized spacial score (nSPS) is 22.8. The number of hydrogen-bond donors (Lipinski definition) is 1. The standard InChI is InChI=1S/C16H21N3/c1-19-12-13(11-18-19)10-16(17)9-5-4-7-14-6-2-3-8-15(14)16/h2-3,6,8,11-12H,4-5,7,9-10,17H2,1H3. The quantitative estimate of drug-likeness (QED) is 0.838. The number of fused-ring (bicyclic) bond motifs is 1. The van der Waals surface area contributed by atoms with E-state index in [1.807, 2.05) is 17.9 Å². The zero-order valence-electron chi connectivity index (χ0n) is 11.5. The van der Waals surface area contributed by atoms with Gasteiger partial charge in [0.2, 0.25) is 0 Å². The van der Waals surface area contributed by atoms with Crippen LogP contribution < -0.4 is 5.73 Å². The van der Waals surface area contributed by atoms with Crippen LogP contribution in [0.4, 0.5) is 0 Å². The number of aryl methyl sites for hydroxylation is 2. The molecular weight excluding hydrogens is 234 g/mol. The molecule has 0 bridgehead atoms. The van der Waals surface area contributed by atoms with Crippen LogP contribution in [0.1, 0.15) is 36.0 Å². The van der Waals surface area contributed by atoms with Gasteiger partial charge < -0.3 is 5.73 Å². The summed E-state index contributed by atoms with van der Waals surface area (Å²) in [4.78, 5) is 0. The fourth-order valence-electron chi connectivity index (χ4n) is 3.23. The molecule has 0 aliphatic heterocycles. The van der Waals surface area contributed by atoms with Gasteiger partial charge in [0, 0.05) is 18.8 Å². The van der Waals surface area contributed by atoms with Gasteiger partial charge in [-0.15, -0.1) is 0 Å². The number of rotatable bonds is 2. The Labute approximate surface area is 114 Å². The van der Waals surface area contributed by atoms with E-state index in [2.05, 4.69) is 35.6 Å². The van der Waals surface area contributed by atoms with Gasteiger partial charge in [0.05, 0.1) is 6.20 Å². The maximum Gasteiger partial charge on any atom is 0.0522 e. The van der Waals surface area contributed by atoms with E-state index in [4.69, 9.17) is 5.73 Å². The first-order chi connectivity index (χ1) is 9.17. The highest BCUT2D eigenvalue weighted by Gasteiger charge is 2.31. The first-order valence-electron chi connectivity index (χ1n) is 7.02. The lowest BCUT2D eigenvalue weighted by Gasteiger charge is -2.30. The van der Waals surface area contributed by atoms with E-state index in [9.17, 15) is 0 Å². The van der Waals surface area contributed by atoms with E-state index in [0.29, 0.717) is 0 Å². The molecule has 0 spiro atoms. The molecule has 1 aromatic carbocycles. The van der Waals surface area contributed by atoms with Crippen molar-refractivity contribution in [3.63, 3.8) is 0 Å². The molecule has 3 rings (SSSR count). The van der Waals surface area contributed by atoms with Gasteiger partial charge in [-0.25, -0.2) is 0 Å². The van der Waals surface area contributed by atoms with Gasteiger partial charge in [0.15, 0.2) is 0 Å². The highest BCUT2D eigenvalue weighted by molar-refractivity contribution is 5.36. The lowest BCUT2D eigenvalue weighted by molar-refractivity contribution is 0.398. The number of aromatic nitrogens is 2. The largest absolute Gasteiger partial charge is 0.321 e. The number of hydrogen-bond acceptors (Lipinski definition) is 2. The number of benzene rings is 1. The first kappa shape index (κ1) is 12.4. The van der Waals surface area contributed by atoms with Crippen LogP contribution in [0.2, 0.25) is 0 Å². The minimum absolute atomic E-state index is 0.240. The summed E-state index contributed by atoms with van der Waals surface area (Å²) < 4.78 is 1.85. The summed E-state index contributed by atoms with van der Waals surface area (Å²) in [5.74, 6) is 0. The molecule has 3 heteroatoms. The molecule has 1 unspecified atom stereocenters. The Morgan fingerprint density at radius 2 is 2.16 bits per heavy atom. The molecule has 0 saturated heterocycles. The Kier molecular flexibility index (Phi) is 3.15. The van der Waals surface area contributed by atoms with E-state index >= 15 is 0 Å². The van der Waals surface area contributed by atoms with E-state index in [-0.39, 0.29) is 5.54 Å². The molecule has 0 fully saturated rings. The third-order valence-electron chi connectivity index (χ3n) is 4.15. The summed E-state index contributed by atoms with van der Waals surface area (Å²) in [5.41, 5.74) is 10.5. The second kappa shape index (κ2) is 4.82. The molecule has 3 nitrogen and oxygen atoms in total. The van der Waals surface area contributed by atoms with Gasteiger partial charge in [-0.05, 0) is 42.4 Å². The molecular formula is C16H21N3. The van der Waals surface area contributed by atoms with Gasteiger partial charge in [0.25, 0.3) is 0 Å². The second-order valence-corrected chi connectivity index (χ2v) is 5.72. The van der Waals surface area contributed by atoms with Gasteiger partial charge in [-0.1, -0.05) is 30.7 Å². The summed E-state index contributed by atoms with van der Waals surface area (Å²) in [7, 11) is 1.95. The molecule has 2 aromatic rings. The molecule has 1 aliphatic carbocycles. The predicted molar refractivity (Wildman–Crippen MR) is 76.8 cm³/mol. The molecule has 0 radical (unpaired) electrons. The smallest absolute Gasteiger partial charge is 0.0522 e. The van der Waals surface area contributed by atoms with E-state index in [1.165, 1.54) is 29.5 Å². The molecule has 2 N–H and O–H groups in total. The Bertz CT molecular complexity index is 573. The van der Waals surface area contributed by atoms with Crippen molar-refractivity contribution in [2.24, 2.45) is 12.8 Å². The molecule has 1 aliphatic rings. The van der Waals surface area contributed by atoms with Gasteiger partial charge in [0.1, 0.15) is 0 Å². The summed E-state index contributed by atoms with van der Waals surface area (Å²) in [5, 5.41) is 4.25. The average Bonchev–Trinajstić information content (AvgIpc) is 2.72. The van der Waals surface area contributed by atoms with E-state index in [0.717, 1.165) is 19.3 Å². The number of nitrogens with zero attached hydrogens (tertiary/aromatic N) is 2. The van der Waals surface area contributed by atoms with Crippen molar-refractivity contribution in [2.45, 2.75) is 37.6 Å². The Balaban J connectivity index is 1.97. The van der Waals surface area contributed by atoms with Crippen LogP contribution in [0.3, 0.4) is 0 Å². The Morgan fingerprint density at radius 1 is 1.32 bits per heavy atom. The van der Waals surface area contributed by atoms with Crippen molar-refractivity contribution in [3.8, 4) is 0 Å². The maximum absolute atomic E-state index is 6.77. The summed E-state index contributed by atoms with van der Waals surface area (Å²) in [6.45, 7) is 0. The molecule has 1 aromatic heterocycles. The van der Waals surface area contributed by atoms with Crippen LogP contribution in [-0.4, -0.2) is 9.78 Å². The van der Waals surface area contributed by atoms with Gasteiger partial charge in [-0.3, -0.25) is 4.68 Å². The summed E-state index contributed by atoms with van der Waals surface area (Å²) in [6, 6.07) is 8.66. The molecule has 100 valence electrons. The van der Waals surface area contributed by atoms with E-state index in [1.54, 1.807) is 0 Å². The second-order valence-electron chi connectivity index (χ2n) is 5.72. The lowest BCUT2D eigenvalue weighted by Crippen LogP contribution is -2.39. The van der Waals surface area contributed by atoms with Crippen molar-refractivity contribution in [2.75, 3.05) is 0 Å². The minimum Gasteiger partial charge on any atom is -0.321 e. The number of nitrogens with two attached hydrogens (primary N) is 1. The Hall–Kier alpha value is -1.61. The predicted octanol–water partition coefficient (Wildman–Crippen LogP) is 2.54. The van der Waals surface area contributed by atoms with E-state index < -0.39 is 0 Å². The fourth-order valence-corrected chi connectivity index (χ4v) is 3.23. The van der Waals surface area contributed by atoms with Crippen molar-refractivity contribution in [1.82, 2.24) is 9.78 Å². The molecule has 0 amide bonds. The highest BCUT2D eigenvalue weighted by Crippen LogP contribution is 2.34. The fraction of sp³-hybridized carbons (Fsp3) is 0.438. The van der Waals surface area contributed by atoms with Crippen LogP contribution >= 0.6 is 0 Å². The van der Waals surface area contributed by atoms with Crippen molar-refractivity contribution in [3.05, 3.63) is 53.3 Å². The van der Waals surface area contributed by atoms with Crippen LogP contribution in [0.15, 0.2) is 36.7 Å². The zero-order chi connectivity index (χ0) is 13.3. The maximum atomic E-state index is 6.77. The SMILES string of the molecule is Cn1cc(CC2(N)CCCCc3ccccc32)cn1. The van der Waals surface area contributed by atoms with Crippen molar-refractivity contribution in [1.29, 1.82) is 0 Å². The monoisotopic (exact) mass is 255 g/mol. The average molecular weight is 255 g/mol. The van der Waals surface area contributed by atoms with Gasteiger partial charge in [-0.2, -0.15) is 5.10 Å². The van der Waals surface area contributed by atoms with Crippen molar-refractivity contribution < 1.29 is 0 Å². The van der Waals surface area contributed by atoms with Crippen LogP contribution in [0.25, 0.3) is 0 Å². The first-order valence-corrected chi connectivity index (χ1v) is 7.02. The third kappa shape index (κ3) is 2.43. The minimum atomic E-state index is -0.240. The molecule has 1 heterocycles. The molecule has 19 heavy (non-hydrogen) atoms. The Morgan fingerprint density at radius 3 is 2.95 bits per heavy atom.